The third-order valence-corrected chi connectivity index (χ3v) is 22.0. The Hall–Kier alpha value is -1.73. The molecule has 0 radical (unpaired) electrons. The fourth-order valence-electron chi connectivity index (χ4n) is 15.0. The molecule has 1 amide bonds. The predicted octanol–water partition coefficient (Wildman–Crippen LogP) is 15.7. The Morgan fingerprint density at radius 3 is 0.962 bits per heavy atom. The van der Waals surface area contributed by atoms with Crippen LogP contribution < -0.4 is 5.32 Å². The second-order valence-electron chi connectivity index (χ2n) is 31.4. The summed E-state index contributed by atoms with van der Waals surface area (Å²) < 4.78 is 34.5. The van der Waals surface area contributed by atoms with E-state index in [2.05, 4.69) is 31.3 Å². The highest BCUT2D eigenvalue weighted by Crippen LogP contribution is 2.34. The number of amides is 1. The second kappa shape index (κ2) is 65.9. The second-order valence-corrected chi connectivity index (χ2v) is 31.4. The van der Waals surface area contributed by atoms with Crippen molar-refractivity contribution in [3.05, 3.63) is 24.3 Å². The lowest BCUT2D eigenvalue weighted by molar-refractivity contribution is -0.379. The maximum atomic E-state index is 13.5. The lowest BCUT2D eigenvalue weighted by atomic mass is 9.96. The highest BCUT2D eigenvalue weighted by Gasteiger charge is 2.54. The summed E-state index contributed by atoms with van der Waals surface area (Å²) in [5.74, 6) is -0.276. The van der Waals surface area contributed by atoms with Crippen LogP contribution in [-0.4, -0.2) is 193 Å². The minimum atomic E-state index is -1.98. The molecular weight excluding hydrogens is 1320 g/mol. The van der Waals surface area contributed by atoms with E-state index in [4.69, 9.17) is 28.4 Å². The molecule has 0 spiro atoms. The van der Waals surface area contributed by atoms with Crippen LogP contribution in [0.5, 0.6) is 0 Å². The maximum absolute atomic E-state index is 13.5. The minimum Gasteiger partial charge on any atom is -0.394 e. The molecule has 17 atom stereocenters. The van der Waals surface area contributed by atoms with Crippen LogP contribution in [0.15, 0.2) is 24.3 Å². The number of allylic oxidation sites excluding steroid dienone is 3. The topological polar surface area (TPSA) is 307 Å². The van der Waals surface area contributed by atoms with Gasteiger partial charge in [-0.2, -0.15) is 0 Å². The largest absolute Gasteiger partial charge is 0.394 e. The van der Waals surface area contributed by atoms with E-state index < -0.39 is 124 Å². The molecule has 3 fully saturated rings. The quantitative estimate of drug-likeness (QED) is 0.0199. The van der Waals surface area contributed by atoms with E-state index in [9.17, 15) is 61.0 Å². The van der Waals surface area contributed by atoms with Crippen LogP contribution >= 0.6 is 0 Å². The van der Waals surface area contributed by atoms with Gasteiger partial charge in [-0.3, -0.25) is 4.79 Å². The molecule has 0 aromatic carbocycles. The van der Waals surface area contributed by atoms with Crippen LogP contribution in [0.4, 0.5) is 0 Å². The van der Waals surface area contributed by atoms with E-state index in [-0.39, 0.29) is 18.9 Å². The Morgan fingerprint density at radius 1 is 0.337 bits per heavy atom. The molecule has 17 unspecified atom stereocenters. The van der Waals surface area contributed by atoms with E-state index in [0.29, 0.717) is 12.8 Å². The molecule has 0 aliphatic carbocycles. The first-order valence-corrected chi connectivity index (χ1v) is 43.6. The van der Waals surface area contributed by atoms with Gasteiger partial charge in [0.2, 0.25) is 5.91 Å². The van der Waals surface area contributed by atoms with E-state index in [1.54, 1.807) is 6.08 Å². The van der Waals surface area contributed by atoms with Gasteiger partial charge in [0.05, 0.1) is 38.6 Å². The van der Waals surface area contributed by atoms with Gasteiger partial charge in [-0.05, 0) is 32.1 Å². The van der Waals surface area contributed by atoms with Crippen LogP contribution in [0, 0.1) is 0 Å². The Bertz CT molecular complexity index is 1970. The van der Waals surface area contributed by atoms with Gasteiger partial charge >= 0.3 is 0 Å². The maximum Gasteiger partial charge on any atom is 0.220 e. The zero-order chi connectivity index (χ0) is 75.3. The van der Waals surface area contributed by atoms with Crippen LogP contribution in [-0.2, 0) is 33.2 Å². The van der Waals surface area contributed by atoms with E-state index in [0.717, 1.165) is 38.5 Å². The molecule has 104 heavy (non-hydrogen) atoms. The fourth-order valence-corrected chi connectivity index (χ4v) is 15.0. The third-order valence-electron chi connectivity index (χ3n) is 22.0. The van der Waals surface area contributed by atoms with Crippen molar-refractivity contribution in [3.63, 3.8) is 0 Å². The zero-order valence-electron chi connectivity index (χ0n) is 66.0. The fraction of sp³-hybridized carbons (Fsp3) is 0.941. The Kier molecular flexibility index (Phi) is 61.2. The monoisotopic (exact) mass is 1480 g/mol. The summed E-state index contributed by atoms with van der Waals surface area (Å²) in [6.45, 7) is 1.79. The molecule has 0 aromatic rings. The lowest BCUT2D eigenvalue weighted by Crippen LogP contribution is -2.66. The molecule has 3 aliphatic heterocycles. The third kappa shape index (κ3) is 44.9. The molecular formula is C85H161NO18. The molecule has 12 N–H and O–H groups in total. The van der Waals surface area contributed by atoms with Gasteiger partial charge in [0.25, 0.3) is 0 Å². The van der Waals surface area contributed by atoms with E-state index in [1.165, 1.54) is 308 Å². The smallest absolute Gasteiger partial charge is 0.220 e. The first-order valence-electron chi connectivity index (χ1n) is 43.6. The minimum absolute atomic E-state index is 0.241. The van der Waals surface area contributed by atoms with Crippen molar-refractivity contribution < 1.29 is 89.4 Å². The van der Waals surface area contributed by atoms with Gasteiger partial charge in [0.1, 0.15) is 73.2 Å². The number of hydrogen-bond acceptors (Lipinski definition) is 18. The molecule has 19 nitrogen and oxygen atoms in total. The first-order chi connectivity index (χ1) is 50.8. The summed E-state index contributed by atoms with van der Waals surface area (Å²) in [5, 5.41) is 121. The Morgan fingerprint density at radius 2 is 0.615 bits per heavy atom. The molecule has 3 rings (SSSR count). The van der Waals surface area contributed by atoms with Crippen molar-refractivity contribution in [1.29, 1.82) is 0 Å². The summed E-state index contributed by atoms with van der Waals surface area (Å²) in [4.78, 5) is 13.5. The van der Waals surface area contributed by atoms with Crippen molar-refractivity contribution in [3.8, 4) is 0 Å². The molecule has 3 saturated heterocycles. The van der Waals surface area contributed by atoms with Crippen molar-refractivity contribution >= 4 is 5.91 Å². The summed E-state index contributed by atoms with van der Waals surface area (Å²) in [7, 11) is 0. The number of carbonyl (C=O) groups excluding carboxylic acids is 1. The standard InChI is InChI=1S/C85H161NO18/c1-3-5-7-9-11-13-15-17-19-21-23-25-27-29-31-33-35-37-39-41-43-45-47-49-51-53-55-57-59-61-63-73(91)86-68(69(90)62-60-58-56-54-52-50-48-46-44-42-40-38-36-34-32-30-28-26-24-22-20-18-16-14-12-10-8-6-4-2)67-99-83-79(97)76(94)81(71(65-88)101-83)104-85-80(98)77(95)82(72(66-89)102-85)103-84-78(96)75(93)74(92)70(64-87)100-84/h52,54,60,62,68-72,74-85,87-90,92-98H,3-51,53,55-59,61,63-67H2,1-2H3,(H,86,91)/b54-52+,62-60+. The molecule has 0 aromatic heterocycles. The average molecular weight is 1490 g/mol. The normalized spacial score (nSPS) is 26.0. The Labute approximate surface area is 632 Å². The average Bonchev–Trinajstić information content (AvgIpc) is 0.772. The number of aliphatic hydroxyl groups is 11. The summed E-state index contributed by atoms with van der Waals surface area (Å²) in [6, 6.07) is -0.989. The van der Waals surface area contributed by atoms with Gasteiger partial charge in [0, 0.05) is 6.42 Å². The molecule has 3 heterocycles. The number of rotatable bonds is 71. The van der Waals surface area contributed by atoms with Crippen molar-refractivity contribution in [2.24, 2.45) is 0 Å². The number of carbonyl (C=O) groups is 1. The number of unbranched alkanes of at least 4 members (excludes halogenated alkanes) is 53. The molecule has 0 saturated carbocycles. The van der Waals surface area contributed by atoms with Crippen LogP contribution in [0.25, 0.3) is 0 Å². The summed E-state index contributed by atoms with van der Waals surface area (Å²) in [5.41, 5.74) is 0. The van der Waals surface area contributed by atoms with Gasteiger partial charge in [-0.25, -0.2) is 0 Å². The van der Waals surface area contributed by atoms with E-state index in [1.807, 2.05) is 6.08 Å². The first kappa shape index (κ1) is 96.5. The van der Waals surface area contributed by atoms with Gasteiger partial charge in [-0.1, -0.05) is 366 Å². The van der Waals surface area contributed by atoms with Crippen molar-refractivity contribution in [2.75, 3.05) is 26.4 Å². The lowest BCUT2D eigenvalue weighted by Gasteiger charge is -2.48. The van der Waals surface area contributed by atoms with Crippen molar-refractivity contribution in [2.45, 2.75) is 484 Å². The number of ether oxygens (including phenoxy) is 6. The molecule has 0 bridgehead atoms. The van der Waals surface area contributed by atoms with Crippen molar-refractivity contribution in [1.82, 2.24) is 5.32 Å². The number of hydrogen-bond donors (Lipinski definition) is 12. The highest BCUT2D eigenvalue weighted by molar-refractivity contribution is 5.76. The van der Waals surface area contributed by atoms with Crippen LogP contribution in [0.1, 0.15) is 380 Å². The molecule has 3 aliphatic rings. The Balaban J connectivity index is 1.35. The highest BCUT2D eigenvalue weighted by atomic mass is 16.8. The molecule has 19 heteroatoms. The number of aliphatic hydroxyl groups excluding tert-OH is 11. The summed E-state index contributed by atoms with van der Waals surface area (Å²) >= 11 is 0. The van der Waals surface area contributed by atoms with Gasteiger partial charge < -0.3 is 89.9 Å². The summed E-state index contributed by atoms with van der Waals surface area (Å²) in [6.07, 6.45) is 54.8. The SMILES string of the molecule is CCCCCCCCCCCCCCCCCCCCCCCCC/C=C/CC/C=C/C(O)C(COC1OC(CO)C(OC2OC(CO)C(OC3OC(CO)C(O)C(O)C3O)C(O)C2O)C(O)C1O)NC(=O)CCCCCCCCCCCCCCCCCCCCCCCCCCCCCCCC. The van der Waals surface area contributed by atoms with E-state index >= 15 is 0 Å². The van der Waals surface area contributed by atoms with Crippen LogP contribution in [0.2, 0.25) is 0 Å². The van der Waals surface area contributed by atoms with Gasteiger partial charge in [-0.15, -0.1) is 0 Å². The van der Waals surface area contributed by atoms with Crippen LogP contribution in [0.3, 0.4) is 0 Å². The molecule has 614 valence electrons. The predicted molar refractivity (Wildman–Crippen MR) is 416 cm³/mol. The zero-order valence-corrected chi connectivity index (χ0v) is 66.0. The van der Waals surface area contributed by atoms with Gasteiger partial charge in [0.15, 0.2) is 18.9 Å². The number of nitrogens with one attached hydrogen (secondary N) is 1.